The molecule has 0 unspecified atom stereocenters. The van der Waals surface area contributed by atoms with Crippen molar-refractivity contribution >= 4 is 11.6 Å². The Labute approximate surface area is 231 Å². The van der Waals surface area contributed by atoms with Gasteiger partial charge in [0, 0.05) is 50.4 Å². The number of rotatable bonds is 6. The summed E-state index contributed by atoms with van der Waals surface area (Å²) in [5.41, 5.74) is 6.02. The molecule has 0 radical (unpaired) electrons. The average Bonchev–Trinajstić information content (AvgIpc) is 3.62. The van der Waals surface area contributed by atoms with E-state index in [0.717, 1.165) is 47.8 Å². The fraction of sp³-hybridized carbons (Fsp3) is 0.267. The highest BCUT2D eigenvalue weighted by Crippen LogP contribution is 2.33. The standard InChI is InChI=1S/C30H29N5O5/c1-20-3-5-23(15-21(20)2)26-17-27(34(31-26)24-6-8-25(9-7-24)35(37)38)30(36)33-13-11-32(12-14-33)18-22-4-10-28-29(16-22)40-19-39-28/h3-10,15-17H,11-14,18-19H2,1-2H3. The third kappa shape index (κ3) is 5.01. The van der Waals surface area contributed by atoms with Crippen molar-refractivity contribution in [1.29, 1.82) is 0 Å². The van der Waals surface area contributed by atoms with Gasteiger partial charge in [0.05, 0.1) is 16.3 Å². The monoisotopic (exact) mass is 539 g/mol. The van der Waals surface area contributed by atoms with E-state index >= 15 is 0 Å². The van der Waals surface area contributed by atoms with Gasteiger partial charge in [0.2, 0.25) is 6.79 Å². The third-order valence-electron chi connectivity index (χ3n) is 7.54. The van der Waals surface area contributed by atoms with Crippen molar-refractivity contribution in [2.45, 2.75) is 20.4 Å². The number of amides is 1. The van der Waals surface area contributed by atoms with Crippen LogP contribution in [0.3, 0.4) is 0 Å². The van der Waals surface area contributed by atoms with Crippen LogP contribution >= 0.6 is 0 Å². The lowest BCUT2D eigenvalue weighted by Crippen LogP contribution is -2.48. The summed E-state index contributed by atoms with van der Waals surface area (Å²) in [5.74, 6) is 1.41. The summed E-state index contributed by atoms with van der Waals surface area (Å²) < 4.78 is 12.5. The van der Waals surface area contributed by atoms with Gasteiger partial charge in [-0.3, -0.25) is 19.8 Å². The first kappa shape index (κ1) is 25.6. The van der Waals surface area contributed by atoms with Crippen LogP contribution in [0, 0.1) is 24.0 Å². The fourth-order valence-electron chi connectivity index (χ4n) is 5.06. The molecule has 3 heterocycles. The number of hydrogen-bond acceptors (Lipinski definition) is 7. The number of fused-ring (bicyclic) bond motifs is 1. The summed E-state index contributed by atoms with van der Waals surface area (Å²) in [7, 11) is 0. The third-order valence-corrected chi connectivity index (χ3v) is 7.54. The van der Waals surface area contributed by atoms with Gasteiger partial charge in [-0.2, -0.15) is 5.10 Å². The number of hydrogen-bond donors (Lipinski definition) is 0. The Kier molecular flexibility index (Phi) is 6.69. The maximum absolute atomic E-state index is 13.8. The molecule has 204 valence electrons. The second-order valence-electron chi connectivity index (χ2n) is 10.2. The highest BCUT2D eigenvalue weighted by Gasteiger charge is 2.27. The molecule has 1 saturated heterocycles. The second-order valence-corrected chi connectivity index (χ2v) is 10.2. The molecule has 0 aliphatic carbocycles. The second kappa shape index (κ2) is 10.5. The number of nitro benzene ring substituents is 1. The summed E-state index contributed by atoms with van der Waals surface area (Å²) in [6.45, 7) is 7.72. The predicted molar refractivity (Wildman–Crippen MR) is 149 cm³/mol. The van der Waals surface area contributed by atoms with Crippen molar-refractivity contribution in [3.8, 4) is 28.4 Å². The van der Waals surface area contributed by atoms with Crippen LogP contribution in [-0.4, -0.2) is 63.4 Å². The van der Waals surface area contributed by atoms with Gasteiger partial charge < -0.3 is 14.4 Å². The molecule has 2 aliphatic rings. The molecular weight excluding hydrogens is 510 g/mol. The number of aryl methyl sites for hydroxylation is 2. The number of aromatic nitrogens is 2. The lowest BCUT2D eigenvalue weighted by Gasteiger charge is -2.34. The number of ether oxygens (including phenoxy) is 2. The minimum absolute atomic E-state index is 0.0169. The van der Waals surface area contributed by atoms with Crippen LogP contribution in [0.5, 0.6) is 11.5 Å². The molecule has 0 saturated carbocycles. The summed E-state index contributed by atoms with van der Waals surface area (Å²) in [6.07, 6.45) is 0. The fourth-order valence-corrected chi connectivity index (χ4v) is 5.06. The Balaban J connectivity index is 1.23. The van der Waals surface area contributed by atoms with Crippen LogP contribution in [0.4, 0.5) is 5.69 Å². The zero-order chi connectivity index (χ0) is 27.8. The van der Waals surface area contributed by atoms with E-state index in [0.29, 0.717) is 30.2 Å². The van der Waals surface area contributed by atoms with Gasteiger partial charge >= 0.3 is 0 Å². The zero-order valence-electron chi connectivity index (χ0n) is 22.4. The average molecular weight is 540 g/mol. The molecule has 0 bridgehead atoms. The quantitative estimate of drug-likeness (QED) is 0.257. The topological polar surface area (TPSA) is 103 Å². The molecule has 0 spiro atoms. The first-order valence-electron chi connectivity index (χ1n) is 13.2. The Morgan fingerprint density at radius 1 is 0.900 bits per heavy atom. The molecule has 1 fully saturated rings. The van der Waals surface area contributed by atoms with E-state index in [4.69, 9.17) is 14.6 Å². The molecule has 10 nitrogen and oxygen atoms in total. The van der Waals surface area contributed by atoms with E-state index < -0.39 is 4.92 Å². The summed E-state index contributed by atoms with van der Waals surface area (Å²) in [4.78, 5) is 28.7. The predicted octanol–water partition coefficient (Wildman–Crippen LogP) is 4.75. The van der Waals surface area contributed by atoms with Gasteiger partial charge in [-0.15, -0.1) is 0 Å². The Hall–Kier alpha value is -4.70. The smallest absolute Gasteiger partial charge is 0.272 e. The van der Waals surface area contributed by atoms with Crippen LogP contribution < -0.4 is 9.47 Å². The normalized spacial score (nSPS) is 14.9. The highest BCUT2D eigenvalue weighted by atomic mass is 16.7. The Morgan fingerprint density at radius 3 is 2.38 bits per heavy atom. The van der Waals surface area contributed by atoms with E-state index in [9.17, 15) is 14.9 Å². The largest absolute Gasteiger partial charge is 0.454 e. The molecule has 40 heavy (non-hydrogen) atoms. The number of piperazine rings is 1. The number of nitro groups is 1. The SMILES string of the molecule is Cc1ccc(-c2cc(C(=O)N3CCN(Cc4ccc5c(c4)OCO5)CC3)n(-c3ccc([N+](=O)[O-])cc3)n2)cc1C. The van der Waals surface area contributed by atoms with Crippen molar-refractivity contribution in [2.24, 2.45) is 0 Å². The molecule has 6 rings (SSSR count). The molecule has 1 aromatic heterocycles. The van der Waals surface area contributed by atoms with Crippen LogP contribution in [0.2, 0.25) is 0 Å². The highest BCUT2D eigenvalue weighted by molar-refractivity contribution is 5.94. The van der Waals surface area contributed by atoms with Crippen LogP contribution in [-0.2, 0) is 6.54 Å². The first-order valence-corrected chi connectivity index (χ1v) is 13.2. The summed E-state index contributed by atoms with van der Waals surface area (Å²) >= 11 is 0. The van der Waals surface area contributed by atoms with Gasteiger partial charge in [-0.05, 0) is 66.9 Å². The number of carbonyl (C=O) groups is 1. The molecule has 4 aromatic rings. The van der Waals surface area contributed by atoms with Gasteiger partial charge in [0.25, 0.3) is 11.6 Å². The maximum Gasteiger partial charge on any atom is 0.272 e. The summed E-state index contributed by atoms with van der Waals surface area (Å²) in [6, 6.07) is 20.0. The van der Waals surface area contributed by atoms with Gasteiger partial charge in [-0.25, -0.2) is 4.68 Å². The van der Waals surface area contributed by atoms with Crippen molar-refractivity contribution in [2.75, 3.05) is 33.0 Å². The van der Waals surface area contributed by atoms with Crippen LogP contribution in [0.25, 0.3) is 16.9 Å². The maximum atomic E-state index is 13.8. The number of nitrogens with zero attached hydrogens (tertiary/aromatic N) is 5. The molecule has 2 aliphatic heterocycles. The lowest BCUT2D eigenvalue weighted by molar-refractivity contribution is -0.384. The Bertz CT molecular complexity index is 1590. The van der Waals surface area contributed by atoms with Crippen molar-refractivity contribution in [3.05, 3.63) is 99.2 Å². The molecule has 10 heteroatoms. The molecule has 0 N–H and O–H groups in total. The van der Waals surface area contributed by atoms with Crippen molar-refractivity contribution in [3.63, 3.8) is 0 Å². The van der Waals surface area contributed by atoms with E-state index in [2.05, 4.69) is 17.9 Å². The van der Waals surface area contributed by atoms with E-state index in [1.54, 1.807) is 16.8 Å². The first-order chi connectivity index (χ1) is 19.4. The van der Waals surface area contributed by atoms with E-state index in [1.165, 1.54) is 17.7 Å². The number of benzene rings is 3. The molecule has 0 atom stereocenters. The van der Waals surface area contributed by atoms with E-state index in [1.807, 2.05) is 48.2 Å². The molecular formula is C30H29N5O5. The molecule has 1 amide bonds. The zero-order valence-corrected chi connectivity index (χ0v) is 22.4. The minimum atomic E-state index is -0.442. The van der Waals surface area contributed by atoms with Gasteiger partial charge in [0.1, 0.15) is 5.69 Å². The lowest BCUT2D eigenvalue weighted by atomic mass is 10.0. The van der Waals surface area contributed by atoms with Gasteiger partial charge in [0.15, 0.2) is 11.5 Å². The van der Waals surface area contributed by atoms with Crippen molar-refractivity contribution in [1.82, 2.24) is 19.6 Å². The van der Waals surface area contributed by atoms with E-state index in [-0.39, 0.29) is 18.4 Å². The van der Waals surface area contributed by atoms with Crippen LogP contribution in [0.1, 0.15) is 27.2 Å². The molecule has 3 aromatic carbocycles. The minimum Gasteiger partial charge on any atom is -0.454 e. The number of non-ortho nitro benzene ring substituents is 1. The van der Waals surface area contributed by atoms with Crippen molar-refractivity contribution < 1.29 is 19.2 Å². The van der Waals surface area contributed by atoms with Gasteiger partial charge in [-0.1, -0.05) is 18.2 Å². The number of carbonyl (C=O) groups excluding carboxylic acids is 1. The summed E-state index contributed by atoms with van der Waals surface area (Å²) in [5, 5.41) is 16.0. The Morgan fingerprint density at radius 2 is 1.65 bits per heavy atom. The van der Waals surface area contributed by atoms with Crippen LogP contribution in [0.15, 0.2) is 66.7 Å².